The Morgan fingerprint density at radius 1 is 1.24 bits per heavy atom. The van der Waals surface area contributed by atoms with Gasteiger partial charge in [-0.2, -0.15) is 0 Å². The predicted molar refractivity (Wildman–Crippen MR) is 78.9 cm³/mol. The van der Waals surface area contributed by atoms with E-state index < -0.39 is 0 Å². The molecule has 1 aromatic carbocycles. The van der Waals surface area contributed by atoms with Crippen molar-refractivity contribution in [2.45, 2.75) is 19.4 Å². The second-order valence-corrected chi connectivity index (χ2v) is 6.11. The highest BCUT2D eigenvalue weighted by Crippen LogP contribution is 2.46. The lowest BCUT2D eigenvalue weighted by molar-refractivity contribution is 0.760. The van der Waals surface area contributed by atoms with Gasteiger partial charge < -0.3 is 10.6 Å². The van der Waals surface area contributed by atoms with Crippen LogP contribution in [0, 0.1) is 0 Å². The molecule has 6 heteroatoms. The van der Waals surface area contributed by atoms with Crippen molar-refractivity contribution in [2.24, 2.45) is 4.99 Å². The quantitative estimate of drug-likeness (QED) is 0.552. The van der Waals surface area contributed by atoms with E-state index in [1.54, 1.807) is 0 Å². The van der Waals surface area contributed by atoms with Crippen LogP contribution >= 0.6 is 43.5 Å². The van der Waals surface area contributed by atoms with Gasteiger partial charge in [-0.05, 0) is 61.9 Å². The fourth-order valence-corrected chi connectivity index (χ4v) is 3.76. The van der Waals surface area contributed by atoms with Crippen LogP contribution in [0.4, 0.5) is 11.4 Å². The number of nitrogens with two attached hydrogens (primary N) is 1. The number of anilines is 2. The number of hydrogen-bond donors (Lipinski definition) is 1. The summed E-state index contributed by atoms with van der Waals surface area (Å²) in [5.74, 6) is 0. The number of amidine groups is 1. The van der Waals surface area contributed by atoms with E-state index >= 15 is 0 Å². The fraction of sp³-hybridized carbons (Fsp3) is 0.364. The third kappa shape index (κ3) is 1.63. The Morgan fingerprint density at radius 2 is 2.00 bits per heavy atom. The summed E-state index contributed by atoms with van der Waals surface area (Å²) < 4.78 is 1.98. The third-order valence-corrected chi connectivity index (χ3v) is 5.81. The SMILES string of the molecule is Nc1c(Br)c(Br)c2c3c1CN=C(Cl)N3CCC2. The number of hydrogen-bond acceptors (Lipinski definition) is 3. The minimum atomic E-state index is 0.565. The van der Waals surface area contributed by atoms with Gasteiger partial charge in [0.2, 0.25) is 0 Å². The van der Waals surface area contributed by atoms with Crippen molar-refractivity contribution in [2.75, 3.05) is 17.2 Å². The summed E-state index contributed by atoms with van der Waals surface area (Å²) in [5.41, 5.74) is 10.4. The van der Waals surface area contributed by atoms with Crippen LogP contribution in [0.25, 0.3) is 0 Å². The average Bonchev–Trinajstić information content (AvgIpc) is 2.35. The Hall–Kier alpha value is -0.260. The molecule has 90 valence electrons. The molecule has 0 amide bonds. The first-order valence-corrected chi connectivity index (χ1v) is 7.33. The molecule has 0 saturated heterocycles. The molecule has 17 heavy (non-hydrogen) atoms. The summed E-state index contributed by atoms with van der Waals surface area (Å²) in [7, 11) is 0. The number of halogens is 3. The van der Waals surface area contributed by atoms with Crippen molar-refractivity contribution in [3.8, 4) is 0 Å². The van der Waals surface area contributed by atoms with E-state index in [-0.39, 0.29) is 0 Å². The third-order valence-electron chi connectivity index (χ3n) is 3.26. The number of nitrogens with zero attached hydrogens (tertiary/aromatic N) is 2. The van der Waals surface area contributed by atoms with Crippen LogP contribution in [-0.4, -0.2) is 11.8 Å². The van der Waals surface area contributed by atoms with Gasteiger partial charge in [-0.25, -0.2) is 0 Å². The Morgan fingerprint density at radius 3 is 2.76 bits per heavy atom. The molecular formula is C11H10Br2ClN3. The maximum Gasteiger partial charge on any atom is 0.198 e. The van der Waals surface area contributed by atoms with Crippen molar-refractivity contribution >= 4 is 60.1 Å². The lowest BCUT2D eigenvalue weighted by Crippen LogP contribution is -2.36. The molecule has 0 saturated carbocycles. The lowest BCUT2D eigenvalue weighted by Gasteiger charge is -2.36. The van der Waals surface area contributed by atoms with E-state index in [4.69, 9.17) is 17.3 Å². The summed E-state index contributed by atoms with van der Waals surface area (Å²) in [4.78, 5) is 6.38. The highest BCUT2D eigenvalue weighted by atomic mass is 79.9. The smallest absolute Gasteiger partial charge is 0.198 e. The fourth-order valence-electron chi connectivity index (χ4n) is 2.45. The van der Waals surface area contributed by atoms with E-state index in [0.29, 0.717) is 11.8 Å². The first-order chi connectivity index (χ1) is 8.11. The van der Waals surface area contributed by atoms with Crippen LogP contribution < -0.4 is 10.6 Å². The van der Waals surface area contributed by atoms with Gasteiger partial charge in [0.15, 0.2) is 5.29 Å². The zero-order chi connectivity index (χ0) is 12.2. The minimum Gasteiger partial charge on any atom is -0.397 e. The standard InChI is InChI=1S/C11H10Br2ClN3/c12-7-5-2-1-3-17-10(5)6(4-16-11(17)14)9(15)8(7)13/h1-4,15H2. The molecule has 0 aromatic heterocycles. The second kappa shape index (κ2) is 4.14. The highest BCUT2D eigenvalue weighted by Gasteiger charge is 2.30. The first kappa shape index (κ1) is 11.8. The van der Waals surface area contributed by atoms with Crippen LogP contribution in [0.3, 0.4) is 0 Å². The van der Waals surface area contributed by atoms with Crippen LogP contribution in [0.1, 0.15) is 17.5 Å². The molecule has 0 fully saturated rings. The van der Waals surface area contributed by atoms with Crippen LogP contribution in [0.2, 0.25) is 0 Å². The van der Waals surface area contributed by atoms with E-state index in [2.05, 4.69) is 41.8 Å². The van der Waals surface area contributed by atoms with Gasteiger partial charge in [0.1, 0.15) is 0 Å². The molecule has 0 spiro atoms. The molecule has 0 atom stereocenters. The molecule has 3 rings (SSSR count). The maximum absolute atomic E-state index is 6.17. The maximum atomic E-state index is 6.17. The van der Waals surface area contributed by atoms with Crippen molar-refractivity contribution in [3.63, 3.8) is 0 Å². The largest absolute Gasteiger partial charge is 0.397 e. The molecule has 0 bridgehead atoms. The van der Waals surface area contributed by atoms with Crippen molar-refractivity contribution in [1.29, 1.82) is 0 Å². The van der Waals surface area contributed by atoms with Crippen LogP contribution in [0.5, 0.6) is 0 Å². The zero-order valence-electron chi connectivity index (χ0n) is 8.93. The van der Waals surface area contributed by atoms with Crippen molar-refractivity contribution in [3.05, 3.63) is 20.1 Å². The molecule has 0 radical (unpaired) electrons. The molecule has 0 unspecified atom stereocenters. The highest BCUT2D eigenvalue weighted by molar-refractivity contribution is 9.13. The Balaban J connectivity index is 2.34. The van der Waals surface area contributed by atoms with Gasteiger partial charge in [0.05, 0.1) is 22.4 Å². The minimum absolute atomic E-state index is 0.565. The molecule has 2 aliphatic rings. The predicted octanol–water partition coefficient (Wildman–Crippen LogP) is 3.65. The molecule has 2 heterocycles. The van der Waals surface area contributed by atoms with Gasteiger partial charge in [0, 0.05) is 16.6 Å². The summed E-state index contributed by atoms with van der Waals surface area (Å²) >= 11 is 13.3. The van der Waals surface area contributed by atoms with Gasteiger partial charge >= 0.3 is 0 Å². The van der Waals surface area contributed by atoms with Gasteiger partial charge in [-0.1, -0.05) is 0 Å². The number of benzene rings is 1. The van der Waals surface area contributed by atoms with Gasteiger partial charge in [0.25, 0.3) is 0 Å². The lowest BCUT2D eigenvalue weighted by atomic mass is 9.96. The Labute approximate surface area is 121 Å². The first-order valence-electron chi connectivity index (χ1n) is 5.37. The molecular weight excluding hydrogens is 369 g/mol. The Kier molecular flexibility index (Phi) is 2.88. The summed E-state index contributed by atoms with van der Waals surface area (Å²) in [6.45, 7) is 1.48. The second-order valence-electron chi connectivity index (χ2n) is 4.19. The summed E-state index contributed by atoms with van der Waals surface area (Å²) in [5, 5.41) is 0.576. The average molecular weight is 379 g/mol. The topological polar surface area (TPSA) is 41.6 Å². The van der Waals surface area contributed by atoms with Crippen molar-refractivity contribution < 1.29 is 0 Å². The molecule has 2 N–H and O–H groups in total. The Bertz CT molecular complexity index is 542. The van der Waals surface area contributed by atoms with Gasteiger partial charge in [-0.3, -0.25) is 4.99 Å². The summed E-state index contributed by atoms with van der Waals surface area (Å²) in [6, 6.07) is 0. The monoisotopic (exact) mass is 377 g/mol. The van der Waals surface area contributed by atoms with Gasteiger partial charge in [-0.15, -0.1) is 0 Å². The van der Waals surface area contributed by atoms with E-state index in [9.17, 15) is 0 Å². The molecule has 2 aliphatic heterocycles. The number of aliphatic imine (C=N–C) groups is 1. The van der Waals surface area contributed by atoms with Crippen LogP contribution in [-0.2, 0) is 13.0 Å². The molecule has 0 aliphatic carbocycles. The van der Waals surface area contributed by atoms with Crippen LogP contribution in [0.15, 0.2) is 13.9 Å². The summed E-state index contributed by atoms with van der Waals surface area (Å²) in [6.07, 6.45) is 2.12. The van der Waals surface area contributed by atoms with E-state index in [1.165, 1.54) is 5.56 Å². The number of rotatable bonds is 0. The number of nitrogen functional groups attached to an aromatic ring is 1. The molecule has 3 nitrogen and oxygen atoms in total. The van der Waals surface area contributed by atoms with E-state index in [1.807, 2.05) is 0 Å². The normalized spacial score (nSPS) is 17.8. The zero-order valence-corrected chi connectivity index (χ0v) is 12.9. The van der Waals surface area contributed by atoms with E-state index in [0.717, 1.165) is 45.3 Å². The molecule has 1 aromatic rings. The van der Waals surface area contributed by atoms with Crippen molar-refractivity contribution in [1.82, 2.24) is 0 Å².